The van der Waals surface area contributed by atoms with Crippen LogP contribution in [0.3, 0.4) is 0 Å². The second-order valence-corrected chi connectivity index (χ2v) is 9.49. The Morgan fingerprint density at radius 2 is 1.12 bits per heavy atom. The number of ether oxygens (including phenoxy) is 6. The SMILES string of the molecule is C=CC(=O)OC(COc1ccccc1)COc1ccc2c(OCC(COc3ccccc3)OC(=O)C=C)c(C)ccc2c1. The Balaban J connectivity index is 1.43. The van der Waals surface area contributed by atoms with Crippen LogP contribution in [0.25, 0.3) is 10.8 Å². The summed E-state index contributed by atoms with van der Waals surface area (Å²) in [5.41, 5.74) is 0.911. The van der Waals surface area contributed by atoms with Gasteiger partial charge in [0.15, 0.2) is 12.2 Å². The lowest BCUT2D eigenvalue weighted by Gasteiger charge is -2.20. The van der Waals surface area contributed by atoms with E-state index in [4.69, 9.17) is 28.4 Å². The summed E-state index contributed by atoms with van der Waals surface area (Å²) >= 11 is 0. The summed E-state index contributed by atoms with van der Waals surface area (Å²) in [5.74, 6) is 1.42. The van der Waals surface area contributed by atoms with Crippen LogP contribution >= 0.6 is 0 Å². The molecule has 0 saturated heterocycles. The van der Waals surface area contributed by atoms with E-state index in [-0.39, 0.29) is 26.4 Å². The molecule has 0 aliphatic rings. The van der Waals surface area contributed by atoms with Gasteiger partial charge in [-0.3, -0.25) is 0 Å². The molecule has 222 valence electrons. The summed E-state index contributed by atoms with van der Waals surface area (Å²) < 4.78 is 34.7. The first-order valence-corrected chi connectivity index (χ1v) is 13.8. The summed E-state index contributed by atoms with van der Waals surface area (Å²) in [6.07, 6.45) is 0.881. The van der Waals surface area contributed by atoms with Crippen LogP contribution in [0, 0.1) is 6.92 Å². The number of benzene rings is 4. The zero-order valence-electron chi connectivity index (χ0n) is 24.0. The van der Waals surface area contributed by atoms with Crippen LogP contribution in [0.1, 0.15) is 5.56 Å². The van der Waals surface area contributed by atoms with E-state index in [1.54, 1.807) is 0 Å². The molecule has 0 aliphatic heterocycles. The minimum absolute atomic E-state index is 0.0718. The van der Waals surface area contributed by atoms with Crippen molar-refractivity contribution in [3.05, 3.63) is 122 Å². The van der Waals surface area contributed by atoms with Crippen LogP contribution in [0.5, 0.6) is 23.0 Å². The van der Waals surface area contributed by atoms with Crippen LogP contribution in [0.2, 0.25) is 0 Å². The predicted octanol–water partition coefficient (Wildman–Crippen LogP) is 6.26. The Morgan fingerprint density at radius 1 is 0.628 bits per heavy atom. The van der Waals surface area contributed by atoms with E-state index in [9.17, 15) is 9.59 Å². The van der Waals surface area contributed by atoms with Gasteiger partial charge in [-0.2, -0.15) is 0 Å². The summed E-state index contributed by atoms with van der Waals surface area (Å²) in [6, 6.07) is 28.0. The third-order valence-electron chi connectivity index (χ3n) is 6.25. The van der Waals surface area contributed by atoms with Gasteiger partial charge in [0.1, 0.15) is 49.4 Å². The monoisotopic (exact) mass is 582 g/mol. The Bertz CT molecular complexity index is 1520. The predicted molar refractivity (Wildman–Crippen MR) is 164 cm³/mol. The number of hydrogen-bond acceptors (Lipinski definition) is 8. The molecule has 4 aromatic rings. The lowest BCUT2D eigenvalue weighted by Crippen LogP contribution is -2.30. The van der Waals surface area contributed by atoms with Crippen LogP contribution in [-0.4, -0.2) is 50.6 Å². The standard InChI is InChI=1S/C35H34O8/c1-4-33(36)42-30(21-38-27-12-8-6-9-13-27)23-40-29-18-19-32-26(20-29)17-16-25(3)35(32)41-24-31(43-34(37)5-2)22-39-28-14-10-7-11-15-28/h4-20,30-31H,1-2,21-24H2,3H3. The maximum Gasteiger partial charge on any atom is 0.330 e. The van der Waals surface area contributed by atoms with Crippen molar-refractivity contribution in [2.75, 3.05) is 26.4 Å². The highest BCUT2D eigenvalue weighted by atomic mass is 16.6. The minimum atomic E-state index is -0.670. The van der Waals surface area contributed by atoms with Crippen molar-refractivity contribution in [2.24, 2.45) is 0 Å². The smallest absolute Gasteiger partial charge is 0.330 e. The zero-order valence-corrected chi connectivity index (χ0v) is 24.0. The van der Waals surface area contributed by atoms with Crippen molar-refractivity contribution in [3.63, 3.8) is 0 Å². The molecule has 2 atom stereocenters. The molecule has 0 N–H and O–H groups in total. The van der Waals surface area contributed by atoms with E-state index in [1.807, 2.05) is 97.9 Å². The quantitative estimate of drug-likeness (QED) is 0.113. The molecule has 0 aromatic heterocycles. The number of hydrogen-bond donors (Lipinski definition) is 0. The molecule has 2 unspecified atom stereocenters. The molecule has 43 heavy (non-hydrogen) atoms. The fraction of sp³-hybridized carbons (Fsp3) is 0.200. The Kier molecular flexibility index (Phi) is 11.2. The fourth-order valence-corrected chi connectivity index (χ4v) is 4.10. The molecule has 0 radical (unpaired) electrons. The van der Waals surface area contributed by atoms with Crippen LogP contribution in [-0.2, 0) is 19.1 Å². The van der Waals surface area contributed by atoms with Gasteiger partial charge in [-0.05, 0) is 60.3 Å². The largest absolute Gasteiger partial charge is 0.490 e. The Morgan fingerprint density at radius 3 is 1.63 bits per heavy atom. The molecule has 0 aliphatic carbocycles. The van der Waals surface area contributed by atoms with Crippen LogP contribution in [0.4, 0.5) is 0 Å². The number of fused-ring (bicyclic) bond motifs is 1. The average molecular weight is 583 g/mol. The van der Waals surface area contributed by atoms with Gasteiger partial charge in [0.05, 0.1) is 0 Å². The molecule has 0 bridgehead atoms. The van der Waals surface area contributed by atoms with E-state index in [2.05, 4.69) is 13.2 Å². The number of carbonyl (C=O) groups is 2. The molecule has 8 nitrogen and oxygen atoms in total. The minimum Gasteiger partial charge on any atom is -0.490 e. The average Bonchev–Trinajstić information content (AvgIpc) is 3.04. The molecule has 0 fully saturated rings. The van der Waals surface area contributed by atoms with E-state index >= 15 is 0 Å². The molecule has 0 amide bonds. The Hall–Kier alpha value is -5.24. The Labute approximate surface area is 251 Å². The van der Waals surface area contributed by atoms with Crippen molar-refractivity contribution in [2.45, 2.75) is 19.1 Å². The van der Waals surface area contributed by atoms with Gasteiger partial charge < -0.3 is 28.4 Å². The van der Waals surface area contributed by atoms with E-state index in [0.29, 0.717) is 23.0 Å². The third-order valence-corrected chi connectivity index (χ3v) is 6.25. The van der Waals surface area contributed by atoms with Crippen LogP contribution in [0.15, 0.2) is 116 Å². The lowest BCUT2D eigenvalue weighted by molar-refractivity contribution is -0.147. The van der Waals surface area contributed by atoms with Gasteiger partial charge in [-0.1, -0.05) is 61.7 Å². The summed E-state index contributed by atoms with van der Waals surface area (Å²) in [5, 5.41) is 1.73. The number of para-hydroxylation sites is 2. The molecular formula is C35H34O8. The van der Waals surface area contributed by atoms with E-state index in [1.165, 1.54) is 0 Å². The van der Waals surface area contributed by atoms with Crippen molar-refractivity contribution in [1.82, 2.24) is 0 Å². The first-order chi connectivity index (χ1) is 20.9. The second kappa shape index (κ2) is 15.7. The van der Waals surface area contributed by atoms with Crippen molar-refractivity contribution >= 4 is 22.7 Å². The normalized spacial score (nSPS) is 11.9. The zero-order chi connectivity index (χ0) is 30.4. The van der Waals surface area contributed by atoms with Crippen molar-refractivity contribution in [3.8, 4) is 23.0 Å². The van der Waals surface area contributed by atoms with Gasteiger partial charge in [-0.15, -0.1) is 0 Å². The maximum absolute atomic E-state index is 12.0. The molecular weight excluding hydrogens is 548 g/mol. The molecule has 4 aromatic carbocycles. The molecule has 4 rings (SSSR count). The highest BCUT2D eigenvalue weighted by Crippen LogP contribution is 2.32. The molecule has 8 heteroatoms. The van der Waals surface area contributed by atoms with E-state index in [0.717, 1.165) is 28.5 Å². The van der Waals surface area contributed by atoms with Gasteiger partial charge in [0, 0.05) is 17.5 Å². The number of aryl methyl sites for hydroxylation is 1. The number of esters is 2. The van der Waals surface area contributed by atoms with E-state index < -0.39 is 24.1 Å². The second-order valence-electron chi connectivity index (χ2n) is 9.49. The van der Waals surface area contributed by atoms with Crippen LogP contribution < -0.4 is 18.9 Å². The molecule has 0 heterocycles. The van der Waals surface area contributed by atoms with Gasteiger partial charge in [0.2, 0.25) is 0 Å². The maximum atomic E-state index is 12.0. The van der Waals surface area contributed by atoms with Gasteiger partial charge >= 0.3 is 11.9 Å². The number of rotatable bonds is 16. The van der Waals surface area contributed by atoms with Crippen molar-refractivity contribution in [1.29, 1.82) is 0 Å². The van der Waals surface area contributed by atoms with Gasteiger partial charge in [0.25, 0.3) is 0 Å². The molecule has 0 saturated carbocycles. The summed E-state index contributed by atoms with van der Waals surface area (Å²) in [7, 11) is 0. The first kappa shape index (κ1) is 30.7. The van der Waals surface area contributed by atoms with Gasteiger partial charge in [-0.25, -0.2) is 9.59 Å². The summed E-state index contributed by atoms with van der Waals surface area (Å²) in [4.78, 5) is 23.8. The highest BCUT2D eigenvalue weighted by Gasteiger charge is 2.18. The number of carbonyl (C=O) groups excluding carboxylic acids is 2. The third kappa shape index (κ3) is 9.39. The summed E-state index contributed by atoms with van der Waals surface area (Å²) in [6.45, 7) is 9.25. The fourth-order valence-electron chi connectivity index (χ4n) is 4.10. The lowest BCUT2D eigenvalue weighted by atomic mass is 10.1. The first-order valence-electron chi connectivity index (χ1n) is 13.8. The topological polar surface area (TPSA) is 89.5 Å². The highest BCUT2D eigenvalue weighted by molar-refractivity contribution is 5.90. The van der Waals surface area contributed by atoms with Crippen molar-refractivity contribution < 1.29 is 38.0 Å². The molecule has 0 spiro atoms.